The number of nitrogens with zero attached hydrogens (tertiary/aromatic N) is 3. The standard InChI is InChI=1S/C23H28FN3O/c1-28-17-16-27-22-5-3-2-4-21(22)25-23(27)19-11-14-26(15-12-19)13-10-18-6-8-20(24)9-7-18/h2-9,19H,10-17H2,1H3. The molecular weight excluding hydrogens is 353 g/mol. The predicted octanol–water partition coefficient (Wildman–Crippen LogP) is 4.24. The zero-order valence-corrected chi connectivity index (χ0v) is 16.5. The molecule has 2 aromatic carbocycles. The quantitative estimate of drug-likeness (QED) is 0.613. The van der Waals surface area contributed by atoms with Gasteiger partial charge in [-0.15, -0.1) is 0 Å². The van der Waals surface area contributed by atoms with Crippen LogP contribution in [0.25, 0.3) is 11.0 Å². The molecule has 0 saturated carbocycles. The summed E-state index contributed by atoms with van der Waals surface area (Å²) in [7, 11) is 1.75. The van der Waals surface area contributed by atoms with Gasteiger partial charge in [-0.1, -0.05) is 24.3 Å². The highest BCUT2D eigenvalue weighted by Crippen LogP contribution is 2.30. The summed E-state index contributed by atoms with van der Waals surface area (Å²) in [5.74, 6) is 1.53. The summed E-state index contributed by atoms with van der Waals surface area (Å²) in [6.07, 6.45) is 3.22. The maximum absolute atomic E-state index is 13.0. The van der Waals surface area contributed by atoms with E-state index in [0.717, 1.165) is 51.0 Å². The maximum Gasteiger partial charge on any atom is 0.123 e. The molecule has 0 spiro atoms. The number of piperidine rings is 1. The van der Waals surface area contributed by atoms with E-state index in [1.807, 2.05) is 12.1 Å². The molecule has 4 rings (SSSR count). The summed E-state index contributed by atoms with van der Waals surface area (Å²) >= 11 is 0. The Balaban J connectivity index is 1.40. The Morgan fingerprint density at radius 2 is 1.79 bits per heavy atom. The lowest BCUT2D eigenvalue weighted by atomic mass is 9.95. The van der Waals surface area contributed by atoms with Crippen LogP contribution in [0.2, 0.25) is 0 Å². The van der Waals surface area contributed by atoms with E-state index in [2.05, 4.69) is 33.7 Å². The minimum absolute atomic E-state index is 0.166. The fourth-order valence-electron chi connectivity index (χ4n) is 4.18. The van der Waals surface area contributed by atoms with Crippen LogP contribution in [0, 0.1) is 5.82 Å². The van der Waals surface area contributed by atoms with Crippen molar-refractivity contribution in [3.63, 3.8) is 0 Å². The predicted molar refractivity (Wildman–Crippen MR) is 110 cm³/mol. The molecule has 0 radical (unpaired) electrons. The number of likely N-dealkylation sites (tertiary alicyclic amines) is 1. The molecule has 0 unspecified atom stereocenters. The van der Waals surface area contributed by atoms with E-state index >= 15 is 0 Å². The van der Waals surface area contributed by atoms with E-state index in [1.54, 1.807) is 19.2 Å². The number of hydrogen-bond acceptors (Lipinski definition) is 3. The van der Waals surface area contributed by atoms with Gasteiger partial charge in [-0.25, -0.2) is 9.37 Å². The van der Waals surface area contributed by atoms with E-state index in [0.29, 0.717) is 12.5 Å². The van der Waals surface area contributed by atoms with Crippen LogP contribution in [-0.4, -0.2) is 47.8 Å². The first-order chi connectivity index (χ1) is 13.7. The van der Waals surface area contributed by atoms with E-state index < -0.39 is 0 Å². The molecule has 1 fully saturated rings. The highest BCUT2D eigenvalue weighted by atomic mass is 19.1. The van der Waals surface area contributed by atoms with Gasteiger partial charge in [0.1, 0.15) is 11.6 Å². The average molecular weight is 381 g/mol. The second-order valence-electron chi connectivity index (χ2n) is 7.60. The molecule has 2 heterocycles. The van der Waals surface area contributed by atoms with Crippen LogP contribution < -0.4 is 0 Å². The van der Waals surface area contributed by atoms with Crippen molar-refractivity contribution in [3.05, 3.63) is 65.7 Å². The van der Waals surface area contributed by atoms with Crippen molar-refractivity contribution in [3.8, 4) is 0 Å². The van der Waals surface area contributed by atoms with Gasteiger partial charge in [-0.3, -0.25) is 0 Å². The van der Waals surface area contributed by atoms with E-state index in [4.69, 9.17) is 9.72 Å². The molecule has 0 N–H and O–H groups in total. The van der Waals surface area contributed by atoms with Gasteiger partial charge in [-0.2, -0.15) is 0 Å². The third-order valence-corrected chi connectivity index (χ3v) is 5.79. The minimum Gasteiger partial charge on any atom is -0.383 e. The van der Waals surface area contributed by atoms with Gasteiger partial charge >= 0.3 is 0 Å². The van der Waals surface area contributed by atoms with Crippen molar-refractivity contribution in [1.82, 2.24) is 14.5 Å². The highest BCUT2D eigenvalue weighted by molar-refractivity contribution is 5.76. The lowest BCUT2D eigenvalue weighted by molar-refractivity contribution is 0.183. The lowest BCUT2D eigenvalue weighted by Gasteiger charge is -2.32. The Morgan fingerprint density at radius 3 is 2.54 bits per heavy atom. The van der Waals surface area contributed by atoms with Crippen molar-refractivity contribution in [2.24, 2.45) is 0 Å². The van der Waals surface area contributed by atoms with Crippen molar-refractivity contribution < 1.29 is 9.13 Å². The molecule has 0 atom stereocenters. The SMILES string of the molecule is COCCn1c(C2CCN(CCc3ccc(F)cc3)CC2)nc2ccccc21. The van der Waals surface area contributed by atoms with Crippen LogP contribution in [0.1, 0.15) is 30.1 Å². The largest absolute Gasteiger partial charge is 0.383 e. The first-order valence-corrected chi connectivity index (χ1v) is 10.2. The van der Waals surface area contributed by atoms with Crippen molar-refractivity contribution in [2.45, 2.75) is 31.7 Å². The molecule has 1 aliphatic heterocycles. The molecule has 1 aliphatic rings. The number of imidazole rings is 1. The second kappa shape index (κ2) is 8.84. The molecule has 5 heteroatoms. The van der Waals surface area contributed by atoms with Gasteiger partial charge in [0.25, 0.3) is 0 Å². The van der Waals surface area contributed by atoms with Gasteiger partial charge in [0, 0.05) is 26.1 Å². The van der Waals surface area contributed by atoms with Crippen molar-refractivity contribution in [2.75, 3.05) is 33.4 Å². The molecule has 1 aromatic heterocycles. The van der Waals surface area contributed by atoms with Crippen LogP contribution >= 0.6 is 0 Å². The number of methoxy groups -OCH3 is 1. The minimum atomic E-state index is -0.166. The molecule has 28 heavy (non-hydrogen) atoms. The number of hydrogen-bond donors (Lipinski definition) is 0. The van der Waals surface area contributed by atoms with Crippen molar-refractivity contribution >= 4 is 11.0 Å². The number of ether oxygens (including phenoxy) is 1. The Bertz CT molecular complexity index is 898. The molecule has 0 amide bonds. The Hall–Kier alpha value is -2.24. The molecule has 4 nitrogen and oxygen atoms in total. The van der Waals surface area contributed by atoms with Gasteiger partial charge in [0.2, 0.25) is 0 Å². The first-order valence-electron chi connectivity index (χ1n) is 10.2. The van der Waals surface area contributed by atoms with Gasteiger partial charge in [0.05, 0.1) is 17.6 Å². The number of halogens is 1. The highest BCUT2D eigenvalue weighted by Gasteiger charge is 2.25. The number of fused-ring (bicyclic) bond motifs is 1. The normalized spacial score (nSPS) is 16.1. The summed E-state index contributed by atoms with van der Waals surface area (Å²) in [6, 6.07) is 15.3. The van der Waals surface area contributed by atoms with Crippen LogP contribution in [-0.2, 0) is 17.7 Å². The fourth-order valence-corrected chi connectivity index (χ4v) is 4.18. The monoisotopic (exact) mass is 381 g/mol. The molecular formula is C23H28FN3O. The zero-order valence-electron chi connectivity index (χ0n) is 16.5. The number of rotatable bonds is 7. The molecule has 148 valence electrons. The van der Waals surface area contributed by atoms with Gasteiger partial charge in [-0.05, 0) is 62.2 Å². The molecule has 3 aromatic rings. The number of para-hydroxylation sites is 2. The van der Waals surface area contributed by atoms with Crippen LogP contribution in [0.4, 0.5) is 4.39 Å². The topological polar surface area (TPSA) is 30.3 Å². The van der Waals surface area contributed by atoms with E-state index in [9.17, 15) is 4.39 Å². The maximum atomic E-state index is 13.0. The lowest BCUT2D eigenvalue weighted by Crippen LogP contribution is -2.35. The fraction of sp³-hybridized carbons (Fsp3) is 0.435. The van der Waals surface area contributed by atoms with Crippen LogP contribution in [0.15, 0.2) is 48.5 Å². The van der Waals surface area contributed by atoms with E-state index in [1.165, 1.54) is 16.9 Å². The number of aromatic nitrogens is 2. The summed E-state index contributed by atoms with van der Waals surface area (Å²) in [5, 5.41) is 0. The first kappa shape index (κ1) is 19.1. The van der Waals surface area contributed by atoms with Crippen LogP contribution in [0.5, 0.6) is 0 Å². The molecule has 1 saturated heterocycles. The smallest absolute Gasteiger partial charge is 0.123 e. The summed E-state index contributed by atoms with van der Waals surface area (Å²) in [5.41, 5.74) is 3.48. The number of benzene rings is 2. The van der Waals surface area contributed by atoms with Gasteiger partial charge in [0.15, 0.2) is 0 Å². The Labute approximate surface area is 165 Å². The molecule has 0 aliphatic carbocycles. The Morgan fingerprint density at radius 1 is 1.04 bits per heavy atom. The third-order valence-electron chi connectivity index (χ3n) is 5.79. The summed E-state index contributed by atoms with van der Waals surface area (Å²) in [6.45, 7) is 4.73. The zero-order chi connectivity index (χ0) is 19.3. The van der Waals surface area contributed by atoms with E-state index in [-0.39, 0.29) is 5.82 Å². The Kier molecular flexibility index (Phi) is 6.03. The summed E-state index contributed by atoms with van der Waals surface area (Å²) in [4.78, 5) is 7.49. The second-order valence-corrected chi connectivity index (χ2v) is 7.60. The van der Waals surface area contributed by atoms with Crippen molar-refractivity contribution in [1.29, 1.82) is 0 Å². The third kappa shape index (κ3) is 4.26. The average Bonchev–Trinajstić information content (AvgIpc) is 3.11. The van der Waals surface area contributed by atoms with Gasteiger partial charge < -0.3 is 14.2 Å². The summed E-state index contributed by atoms with van der Waals surface area (Å²) < 4.78 is 20.7. The van der Waals surface area contributed by atoms with Crippen LogP contribution in [0.3, 0.4) is 0 Å². The molecule has 0 bridgehead atoms.